The van der Waals surface area contributed by atoms with Crippen LogP contribution < -0.4 is 4.74 Å². The molecule has 1 aromatic rings. The lowest BCUT2D eigenvalue weighted by molar-refractivity contribution is 0.351. The summed E-state index contributed by atoms with van der Waals surface area (Å²) >= 11 is 5.50. The summed E-state index contributed by atoms with van der Waals surface area (Å²) in [5.74, 6) is 0.0722. The molecule has 78 valence electrons. The Kier molecular flexibility index (Phi) is 4.14. The molecule has 0 unspecified atom stereocenters. The van der Waals surface area contributed by atoms with Gasteiger partial charge in [-0.2, -0.15) is 5.26 Å². The summed E-state index contributed by atoms with van der Waals surface area (Å²) in [5.41, 5.74) is 0.708. The summed E-state index contributed by atoms with van der Waals surface area (Å²) in [6.45, 7) is 3.89. The molecule has 0 aliphatic rings. The first kappa shape index (κ1) is 11.5. The van der Waals surface area contributed by atoms with E-state index in [0.29, 0.717) is 17.2 Å². The van der Waals surface area contributed by atoms with Gasteiger partial charge < -0.3 is 4.74 Å². The second-order valence-corrected chi connectivity index (χ2v) is 3.19. The molecule has 0 saturated carbocycles. The van der Waals surface area contributed by atoms with Gasteiger partial charge in [0.1, 0.15) is 24.2 Å². The normalized spacial score (nSPS) is 9.40. The minimum Gasteiger partial charge on any atom is -0.489 e. The fraction of sp³-hybridized carbons (Fsp3) is 0.182. The van der Waals surface area contributed by atoms with Crippen LogP contribution in [0.4, 0.5) is 4.39 Å². The fourth-order valence-corrected chi connectivity index (χ4v) is 0.977. The lowest BCUT2D eigenvalue weighted by Gasteiger charge is -2.06. The maximum atomic E-state index is 13.1. The number of ether oxygens (including phenoxy) is 1. The molecule has 0 N–H and O–H groups in total. The van der Waals surface area contributed by atoms with Crippen molar-refractivity contribution in [2.45, 2.75) is 0 Å². The molecule has 0 radical (unpaired) electrons. The highest BCUT2D eigenvalue weighted by atomic mass is 35.5. The highest BCUT2D eigenvalue weighted by Crippen LogP contribution is 2.16. The molecule has 4 heteroatoms. The van der Waals surface area contributed by atoms with E-state index in [2.05, 4.69) is 6.58 Å². The lowest BCUT2D eigenvalue weighted by atomic mass is 10.2. The number of rotatable bonds is 4. The van der Waals surface area contributed by atoms with Gasteiger partial charge in [-0.3, -0.25) is 0 Å². The molecule has 0 saturated heterocycles. The predicted octanol–water partition coefficient (Wildman–Crippen LogP) is 2.87. The van der Waals surface area contributed by atoms with E-state index in [0.717, 1.165) is 0 Å². The van der Waals surface area contributed by atoms with Gasteiger partial charge in [0.05, 0.1) is 5.56 Å². The van der Waals surface area contributed by atoms with Crippen LogP contribution in [0.5, 0.6) is 5.75 Å². The Bertz CT molecular complexity index is 412. The van der Waals surface area contributed by atoms with Gasteiger partial charge in [-0.05, 0) is 17.7 Å². The maximum absolute atomic E-state index is 13.1. The van der Waals surface area contributed by atoms with E-state index < -0.39 is 5.82 Å². The number of hydrogen-bond donors (Lipinski definition) is 0. The summed E-state index contributed by atoms with van der Waals surface area (Å²) < 4.78 is 18.3. The third-order valence-electron chi connectivity index (χ3n) is 1.69. The van der Waals surface area contributed by atoms with E-state index in [1.807, 2.05) is 0 Å². The second kappa shape index (κ2) is 5.38. The van der Waals surface area contributed by atoms with Gasteiger partial charge in [0.2, 0.25) is 0 Å². The number of hydrogen-bond acceptors (Lipinski definition) is 2. The number of benzene rings is 1. The van der Waals surface area contributed by atoms with E-state index in [1.54, 1.807) is 6.07 Å². The number of nitrogens with zero attached hydrogens (tertiary/aromatic N) is 1. The molecule has 0 aromatic heterocycles. The number of alkyl halides is 1. The Morgan fingerprint density at radius 3 is 2.87 bits per heavy atom. The minimum atomic E-state index is -0.591. The van der Waals surface area contributed by atoms with Crippen molar-refractivity contribution in [1.82, 2.24) is 0 Å². The zero-order valence-electron chi connectivity index (χ0n) is 7.96. The minimum absolute atomic E-state index is 0.00137. The molecule has 0 aliphatic heterocycles. The predicted molar refractivity (Wildman–Crippen MR) is 56.5 cm³/mol. The molecule has 0 heterocycles. The molecule has 0 atom stereocenters. The Labute approximate surface area is 92.5 Å². The molecule has 2 nitrogen and oxygen atoms in total. The van der Waals surface area contributed by atoms with Crippen LogP contribution in [0.1, 0.15) is 5.56 Å². The lowest BCUT2D eigenvalue weighted by Crippen LogP contribution is -2.01. The zero-order valence-corrected chi connectivity index (χ0v) is 8.72. The SMILES string of the molecule is C=C(CCl)COc1ccc(C#N)c(F)c1. The summed E-state index contributed by atoms with van der Waals surface area (Å²) in [7, 11) is 0. The molecule has 15 heavy (non-hydrogen) atoms. The van der Waals surface area contributed by atoms with Crippen LogP contribution in [0.3, 0.4) is 0 Å². The third kappa shape index (κ3) is 3.26. The Morgan fingerprint density at radius 2 is 2.33 bits per heavy atom. The summed E-state index contributed by atoms with van der Waals surface area (Å²) in [6, 6.07) is 5.80. The number of halogens is 2. The molecule has 0 amide bonds. The first-order chi connectivity index (χ1) is 7.17. The third-order valence-corrected chi connectivity index (χ3v) is 2.07. The van der Waals surface area contributed by atoms with Crippen molar-refractivity contribution in [3.8, 4) is 11.8 Å². The van der Waals surface area contributed by atoms with Crippen LogP contribution in [0.2, 0.25) is 0 Å². The van der Waals surface area contributed by atoms with Gasteiger partial charge >= 0.3 is 0 Å². The van der Waals surface area contributed by atoms with Gasteiger partial charge in [-0.1, -0.05) is 6.58 Å². The van der Waals surface area contributed by atoms with Crippen molar-refractivity contribution in [3.63, 3.8) is 0 Å². The van der Waals surface area contributed by atoms with Crippen molar-refractivity contribution in [2.75, 3.05) is 12.5 Å². The molecule has 1 rings (SSSR count). The molecular formula is C11H9ClFNO. The quantitative estimate of drug-likeness (QED) is 0.583. The van der Waals surface area contributed by atoms with E-state index in [9.17, 15) is 4.39 Å². The van der Waals surface area contributed by atoms with Gasteiger partial charge in [0.25, 0.3) is 0 Å². The van der Waals surface area contributed by atoms with Gasteiger partial charge in [0.15, 0.2) is 0 Å². The van der Waals surface area contributed by atoms with Crippen molar-refractivity contribution in [1.29, 1.82) is 5.26 Å². The molecular weight excluding hydrogens is 217 g/mol. The molecule has 0 fully saturated rings. The smallest absolute Gasteiger partial charge is 0.144 e. The Balaban J connectivity index is 2.68. The van der Waals surface area contributed by atoms with Crippen LogP contribution in [0.25, 0.3) is 0 Å². The Morgan fingerprint density at radius 1 is 1.60 bits per heavy atom. The van der Waals surface area contributed by atoms with E-state index in [-0.39, 0.29) is 12.2 Å². The highest BCUT2D eigenvalue weighted by Gasteiger charge is 2.03. The van der Waals surface area contributed by atoms with Gasteiger partial charge in [-0.15, -0.1) is 11.6 Å². The topological polar surface area (TPSA) is 33.0 Å². The zero-order chi connectivity index (χ0) is 11.3. The molecule has 1 aromatic carbocycles. The van der Waals surface area contributed by atoms with Gasteiger partial charge in [-0.25, -0.2) is 4.39 Å². The molecule has 0 aliphatic carbocycles. The van der Waals surface area contributed by atoms with Crippen LogP contribution in [0, 0.1) is 17.1 Å². The first-order valence-corrected chi connectivity index (χ1v) is 4.76. The van der Waals surface area contributed by atoms with E-state index >= 15 is 0 Å². The summed E-state index contributed by atoms with van der Waals surface area (Å²) in [5, 5.41) is 8.50. The average molecular weight is 226 g/mol. The number of nitriles is 1. The Hall–Kier alpha value is -1.53. The standard InChI is InChI=1S/C11H9ClFNO/c1-8(5-12)7-15-10-3-2-9(6-14)11(13)4-10/h2-4H,1,5,7H2. The average Bonchev–Trinajstić information content (AvgIpc) is 2.26. The van der Waals surface area contributed by atoms with Crippen molar-refractivity contribution >= 4 is 11.6 Å². The summed E-state index contributed by atoms with van der Waals surface area (Å²) in [4.78, 5) is 0. The first-order valence-electron chi connectivity index (χ1n) is 4.22. The summed E-state index contributed by atoms with van der Waals surface area (Å²) in [6.07, 6.45) is 0. The molecule has 0 spiro atoms. The van der Waals surface area contributed by atoms with Crippen LogP contribution in [0.15, 0.2) is 30.4 Å². The van der Waals surface area contributed by atoms with Crippen molar-refractivity contribution < 1.29 is 9.13 Å². The largest absolute Gasteiger partial charge is 0.489 e. The van der Waals surface area contributed by atoms with Crippen LogP contribution in [-0.2, 0) is 0 Å². The van der Waals surface area contributed by atoms with E-state index in [1.165, 1.54) is 18.2 Å². The van der Waals surface area contributed by atoms with Crippen LogP contribution >= 0.6 is 11.6 Å². The van der Waals surface area contributed by atoms with Gasteiger partial charge in [0, 0.05) is 11.9 Å². The van der Waals surface area contributed by atoms with Crippen LogP contribution in [-0.4, -0.2) is 12.5 Å². The monoisotopic (exact) mass is 225 g/mol. The maximum Gasteiger partial charge on any atom is 0.144 e. The molecule has 0 bridgehead atoms. The van der Waals surface area contributed by atoms with Crippen molar-refractivity contribution in [3.05, 3.63) is 41.7 Å². The second-order valence-electron chi connectivity index (χ2n) is 2.93. The van der Waals surface area contributed by atoms with Crippen molar-refractivity contribution in [2.24, 2.45) is 0 Å². The van der Waals surface area contributed by atoms with E-state index in [4.69, 9.17) is 21.6 Å². The fourth-order valence-electron chi connectivity index (χ4n) is 0.900. The highest BCUT2D eigenvalue weighted by molar-refractivity contribution is 6.19.